The van der Waals surface area contributed by atoms with Crippen LogP contribution in [0.2, 0.25) is 0 Å². The quantitative estimate of drug-likeness (QED) is 0.215. The highest BCUT2D eigenvalue weighted by atomic mass is 16.6. The maximum atomic E-state index is 12.9. The number of ether oxygens (including phenoxy) is 2. The lowest BCUT2D eigenvalue weighted by atomic mass is 9.88. The first-order chi connectivity index (χ1) is 20.0. The fourth-order valence-corrected chi connectivity index (χ4v) is 5.89. The molecule has 0 aliphatic carbocycles. The number of nitro benzene ring substituents is 1. The summed E-state index contributed by atoms with van der Waals surface area (Å²) in [6.07, 6.45) is 4.23. The Kier molecular flexibility index (Phi) is 9.51. The molecule has 2 fully saturated rings. The van der Waals surface area contributed by atoms with Gasteiger partial charge in [-0.05, 0) is 61.5 Å². The summed E-state index contributed by atoms with van der Waals surface area (Å²) in [7, 11) is 0. The largest absolute Gasteiger partial charge is 0.490 e. The van der Waals surface area contributed by atoms with Crippen LogP contribution >= 0.6 is 0 Å². The molecule has 3 aromatic rings. The lowest BCUT2D eigenvalue weighted by molar-refractivity contribution is -0.385. The van der Waals surface area contributed by atoms with Crippen LogP contribution in [-0.2, 0) is 4.79 Å². The highest BCUT2D eigenvalue weighted by Crippen LogP contribution is 2.33. The first kappa shape index (κ1) is 28.6. The molecule has 216 valence electrons. The fraction of sp³-hybridized carbons (Fsp3) is 0.424. The smallest absolute Gasteiger partial charge is 0.311 e. The molecule has 1 amide bonds. The van der Waals surface area contributed by atoms with E-state index >= 15 is 0 Å². The van der Waals surface area contributed by atoms with Gasteiger partial charge in [-0.25, -0.2) is 0 Å². The summed E-state index contributed by atoms with van der Waals surface area (Å²) in [5, 5.41) is 11.2. The number of carbonyl (C=O) groups is 1. The highest BCUT2D eigenvalue weighted by Gasteiger charge is 2.26. The Hall–Kier alpha value is -3.91. The Morgan fingerprint density at radius 2 is 1.59 bits per heavy atom. The number of nitrogens with zero attached hydrogens (tertiary/aromatic N) is 3. The van der Waals surface area contributed by atoms with Crippen molar-refractivity contribution < 1.29 is 19.2 Å². The van der Waals surface area contributed by atoms with Crippen molar-refractivity contribution in [3.05, 3.63) is 88.5 Å². The van der Waals surface area contributed by atoms with E-state index in [-0.39, 0.29) is 23.4 Å². The normalized spacial score (nSPS) is 16.9. The molecule has 0 radical (unpaired) electrons. The standard InChI is InChI=1S/C33H39N3O5/c1-2-40-32-24-30(12-13-31(32)36(38)39)41-29-16-22-35(23-17-29)33(37)18-21-34-19-14-28(15-20-34)27-10-8-26(9-11-27)25-6-4-3-5-7-25/h3-13,24,28-29H,2,14-23H2,1H3. The van der Waals surface area contributed by atoms with Gasteiger partial charge in [-0.2, -0.15) is 0 Å². The number of nitro groups is 1. The molecule has 0 bridgehead atoms. The van der Waals surface area contributed by atoms with Gasteiger partial charge in [0.15, 0.2) is 0 Å². The van der Waals surface area contributed by atoms with E-state index in [4.69, 9.17) is 9.47 Å². The molecule has 5 rings (SSSR count). The molecule has 41 heavy (non-hydrogen) atoms. The van der Waals surface area contributed by atoms with Crippen molar-refractivity contribution in [1.82, 2.24) is 9.80 Å². The van der Waals surface area contributed by atoms with Crippen LogP contribution in [0, 0.1) is 10.1 Å². The lowest BCUT2D eigenvalue weighted by Gasteiger charge is -2.34. The van der Waals surface area contributed by atoms with Gasteiger partial charge in [0.1, 0.15) is 11.9 Å². The molecule has 2 heterocycles. The van der Waals surface area contributed by atoms with Gasteiger partial charge in [0.25, 0.3) is 0 Å². The third kappa shape index (κ3) is 7.44. The number of rotatable bonds is 10. The van der Waals surface area contributed by atoms with E-state index in [9.17, 15) is 14.9 Å². The maximum absolute atomic E-state index is 12.9. The van der Waals surface area contributed by atoms with E-state index in [1.54, 1.807) is 19.1 Å². The van der Waals surface area contributed by atoms with E-state index in [2.05, 4.69) is 53.4 Å². The molecule has 8 nitrogen and oxygen atoms in total. The van der Waals surface area contributed by atoms with Crippen LogP contribution in [0.25, 0.3) is 11.1 Å². The summed E-state index contributed by atoms with van der Waals surface area (Å²) in [4.78, 5) is 28.1. The van der Waals surface area contributed by atoms with Gasteiger partial charge in [-0.3, -0.25) is 14.9 Å². The van der Waals surface area contributed by atoms with Gasteiger partial charge in [0.2, 0.25) is 11.7 Å². The van der Waals surface area contributed by atoms with Crippen LogP contribution in [-0.4, -0.2) is 66.1 Å². The summed E-state index contributed by atoms with van der Waals surface area (Å²) in [6.45, 7) is 6.30. The summed E-state index contributed by atoms with van der Waals surface area (Å²) in [6, 6.07) is 24.1. The molecule has 0 aromatic heterocycles. The number of hydrogen-bond acceptors (Lipinski definition) is 6. The molecule has 0 unspecified atom stereocenters. The zero-order valence-electron chi connectivity index (χ0n) is 23.7. The minimum absolute atomic E-state index is 0.0317. The van der Waals surface area contributed by atoms with Crippen LogP contribution < -0.4 is 9.47 Å². The second kappa shape index (κ2) is 13.6. The first-order valence-corrected chi connectivity index (χ1v) is 14.7. The zero-order valence-corrected chi connectivity index (χ0v) is 23.7. The van der Waals surface area contributed by atoms with Crippen LogP contribution in [0.5, 0.6) is 11.5 Å². The summed E-state index contributed by atoms with van der Waals surface area (Å²) < 4.78 is 11.5. The van der Waals surface area contributed by atoms with E-state index in [1.807, 2.05) is 11.0 Å². The molecular formula is C33H39N3O5. The number of piperidine rings is 2. The monoisotopic (exact) mass is 557 g/mol. The molecule has 2 aliphatic rings. The predicted octanol–water partition coefficient (Wildman–Crippen LogP) is 6.30. The topological polar surface area (TPSA) is 85.2 Å². The summed E-state index contributed by atoms with van der Waals surface area (Å²) >= 11 is 0. The molecule has 2 aliphatic heterocycles. The zero-order chi connectivity index (χ0) is 28.6. The van der Waals surface area contributed by atoms with E-state index in [1.165, 1.54) is 22.8 Å². The number of hydrogen-bond donors (Lipinski definition) is 0. The number of amides is 1. The molecule has 3 aromatic carbocycles. The van der Waals surface area contributed by atoms with Crippen molar-refractivity contribution in [2.24, 2.45) is 0 Å². The molecule has 0 N–H and O–H groups in total. The Balaban J connectivity index is 1.02. The minimum atomic E-state index is -0.453. The summed E-state index contributed by atoms with van der Waals surface area (Å²) in [5.41, 5.74) is 3.84. The van der Waals surface area contributed by atoms with Crippen molar-refractivity contribution in [2.45, 2.75) is 51.0 Å². The third-order valence-electron chi connectivity index (χ3n) is 8.24. The van der Waals surface area contributed by atoms with E-state index < -0.39 is 4.92 Å². The van der Waals surface area contributed by atoms with Crippen LogP contribution in [0.15, 0.2) is 72.8 Å². The SMILES string of the molecule is CCOc1cc(OC2CCN(C(=O)CCN3CCC(c4ccc(-c5ccccc5)cc4)CC3)CC2)ccc1[N+](=O)[O-]. The average molecular weight is 558 g/mol. The second-order valence-corrected chi connectivity index (χ2v) is 10.9. The Bertz CT molecular complexity index is 1300. The van der Waals surface area contributed by atoms with Crippen LogP contribution in [0.4, 0.5) is 5.69 Å². The van der Waals surface area contributed by atoms with Gasteiger partial charge in [0, 0.05) is 51.0 Å². The summed E-state index contributed by atoms with van der Waals surface area (Å²) in [5.74, 6) is 1.55. The first-order valence-electron chi connectivity index (χ1n) is 14.7. The van der Waals surface area contributed by atoms with Gasteiger partial charge in [-0.15, -0.1) is 0 Å². The minimum Gasteiger partial charge on any atom is -0.490 e. The van der Waals surface area contributed by atoms with Gasteiger partial charge < -0.3 is 19.3 Å². The maximum Gasteiger partial charge on any atom is 0.311 e. The molecule has 8 heteroatoms. The Labute approximate surface area is 242 Å². The third-order valence-corrected chi connectivity index (χ3v) is 8.24. The predicted molar refractivity (Wildman–Crippen MR) is 159 cm³/mol. The molecule has 2 saturated heterocycles. The van der Waals surface area contributed by atoms with Gasteiger partial charge in [0.05, 0.1) is 11.5 Å². The Morgan fingerprint density at radius 1 is 0.902 bits per heavy atom. The number of likely N-dealkylation sites (tertiary alicyclic amines) is 2. The lowest BCUT2D eigenvalue weighted by Crippen LogP contribution is -2.43. The molecule has 0 saturated carbocycles. The van der Waals surface area contributed by atoms with E-state index in [0.717, 1.165) is 45.3 Å². The van der Waals surface area contributed by atoms with E-state index in [0.29, 0.717) is 37.8 Å². The van der Waals surface area contributed by atoms with Crippen molar-refractivity contribution >= 4 is 11.6 Å². The molecule has 0 atom stereocenters. The Morgan fingerprint density at radius 3 is 2.24 bits per heavy atom. The van der Waals surface area contributed by atoms with Gasteiger partial charge >= 0.3 is 5.69 Å². The van der Waals surface area contributed by atoms with Crippen molar-refractivity contribution in [1.29, 1.82) is 0 Å². The van der Waals surface area contributed by atoms with Crippen molar-refractivity contribution in [3.63, 3.8) is 0 Å². The van der Waals surface area contributed by atoms with Crippen LogP contribution in [0.1, 0.15) is 50.5 Å². The van der Waals surface area contributed by atoms with Crippen LogP contribution in [0.3, 0.4) is 0 Å². The number of carbonyl (C=O) groups excluding carboxylic acids is 1. The fourth-order valence-electron chi connectivity index (χ4n) is 5.89. The van der Waals surface area contributed by atoms with Gasteiger partial charge in [-0.1, -0.05) is 54.6 Å². The van der Waals surface area contributed by atoms with Crippen molar-refractivity contribution in [3.8, 4) is 22.6 Å². The number of benzene rings is 3. The second-order valence-electron chi connectivity index (χ2n) is 10.9. The highest BCUT2D eigenvalue weighted by molar-refractivity contribution is 5.76. The van der Waals surface area contributed by atoms with Crippen molar-refractivity contribution in [2.75, 3.05) is 39.3 Å². The molecule has 0 spiro atoms. The molecular weight excluding hydrogens is 518 g/mol. The average Bonchev–Trinajstić information content (AvgIpc) is 3.01.